The molecule has 0 aromatic heterocycles. The molecule has 0 aromatic rings. The highest BCUT2D eigenvalue weighted by Crippen LogP contribution is 2.00. The lowest BCUT2D eigenvalue weighted by Gasteiger charge is -1.91. The minimum Gasteiger partial charge on any atom is -0.481 e. The highest BCUT2D eigenvalue weighted by molar-refractivity contribution is 5.66. The molecule has 0 aliphatic carbocycles. The van der Waals surface area contributed by atoms with Crippen LogP contribution >= 0.6 is 0 Å². The van der Waals surface area contributed by atoms with Crippen LogP contribution in [0.1, 0.15) is 58.3 Å². The molecule has 80 valence electrons. The van der Waals surface area contributed by atoms with E-state index in [1.165, 1.54) is 19.3 Å². The summed E-state index contributed by atoms with van der Waals surface area (Å²) in [7, 11) is 0. The Balaban J connectivity index is 3.13. The maximum Gasteiger partial charge on any atom is 0.303 e. The van der Waals surface area contributed by atoms with Crippen LogP contribution in [-0.2, 0) is 4.79 Å². The van der Waals surface area contributed by atoms with E-state index in [2.05, 4.69) is 18.8 Å². The van der Waals surface area contributed by atoms with Crippen LogP contribution in [0.25, 0.3) is 0 Å². The van der Waals surface area contributed by atoms with Gasteiger partial charge in [0.15, 0.2) is 0 Å². The lowest BCUT2D eigenvalue weighted by atomic mass is 10.2. The number of unbranched alkanes of at least 4 members (excludes halogenated alkanes) is 5. The van der Waals surface area contributed by atoms with Gasteiger partial charge in [0.05, 0.1) is 0 Å². The third kappa shape index (κ3) is 11.0. The van der Waals surface area contributed by atoms with E-state index in [0.29, 0.717) is 0 Å². The van der Waals surface area contributed by atoms with Crippen molar-refractivity contribution in [2.24, 2.45) is 0 Å². The molecule has 0 rings (SSSR count). The van der Waals surface area contributed by atoms with Gasteiger partial charge in [-0.2, -0.15) is 0 Å². The van der Waals surface area contributed by atoms with Gasteiger partial charge in [0.25, 0.3) is 0 Å². The van der Waals surface area contributed by atoms with Crippen molar-refractivity contribution >= 4 is 5.97 Å². The minimum atomic E-state index is -0.707. The van der Waals surface area contributed by atoms with Crippen LogP contribution in [0.4, 0.5) is 0 Å². The molecule has 1 N–H and O–H groups in total. The molecule has 0 aromatic carbocycles. The normalized spacial score (nSPS) is 9.21. The van der Waals surface area contributed by atoms with Gasteiger partial charge in [0.1, 0.15) is 0 Å². The molecule has 0 saturated carbocycles. The molecule has 2 heteroatoms. The molecule has 0 saturated heterocycles. The largest absolute Gasteiger partial charge is 0.481 e. The Bertz CT molecular complexity index is 198. The second kappa shape index (κ2) is 10.1. The zero-order valence-corrected chi connectivity index (χ0v) is 9.01. The molecular weight excluding hydrogens is 176 g/mol. The van der Waals surface area contributed by atoms with E-state index in [0.717, 1.165) is 25.7 Å². The van der Waals surface area contributed by atoms with Crippen LogP contribution in [-0.4, -0.2) is 11.1 Å². The van der Waals surface area contributed by atoms with E-state index in [1.807, 2.05) is 0 Å². The average molecular weight is 196 g/mol. The van der Waals surface area contributed by atoms with Gasteiger partial charge in [-0.05, 0) is 19.3 Å². The monoisotopic (exact) mass is 196 g/mol. The van der Waals surface area contributed by atoms with E-state index in [-0.39, 0.29) is 6.42 Å². The Labute approximate surface area is 86.7 Å². The van der Waals surface area contributed by atoms with Crippen LogP contribution in [0.3, 0.4) is 0 Å². The van der Waals surface area contributed by atoms with Gasteiger partial charge in [-0.15, -0.1) is 11.8 Å². The number of carbonyl (C=O) groups is 1. The molecule has 0 radical (unpaired) electrons. The molecule has 0 fully saturated rings. The molecule has 2 nitrogen and oxygen atoms in total. The second-order valence-corrected chi connectivity index (χ2v) is 3.41. The predicted molar refractivity (Wildman–Crippen MR) is 58.0 cm³/mol. The lowest BCUT2D eigenvalue weighted by molar-refractivity contribution is -0.137. The Morgan fingerprint density at radius 2 is 1.64 bits per heavy atom. The molecule has 0 atom stereocenters. The Hall–Kier alpha value is -0.970. The second-order valence-electron chi connectivity index (χ2n) is 3.41. The molecule has 0 spiro atoms. The maximum absolute atomic E-state index is 10.2. The van der Waals surface area contributed by atoms with Gasteiger partial charge >= 0.3 is 5.97 Å². The maximum atomic E-state index is 10.2. The molecule has 0 aliphatic heterocycles. The van der Waals surface area contributed by atoms with Gasteiger partial charge in [-0.3, -0.25) is 4.79 Å². The van der Waals surface area contributed by atoms with Crippen molar-refractivity contribution in [1.82, 2.24) is 0 Å². The first-order chi connectivity index (χ1) is 6.77. The van der Waals surface area contributed by atoms with Crippen molar-refractivity contribution in [2.75, 3.05) is 0 Å². The summed E-state index contributed by atoms with van der Waals surface area (Å²) < 4.78 is 0. The Kier molecular flexibility index (Phi) is 9.41. The number of hydrogen-bond donors (Lipinski definition) is 1. The first-order valence-corrected chi connectivity index (χ1v) is 5.45. The number of hydrogen-bond acceptors (Lipinski definition) is 1. The molecule has 0 aliphatic rings. The Morgan fingerprint density at radius 1 is 1.07 bits per heavy atom. The zero-order chi connectivity index (χ0) is 10.6. The topological polar surface area (TPSA) is 37.3 Å². The number of carboxylic acids is 1. The van der Waals surface area contributed by atoms with Gasteiger partial charge in [0, 0.05) is 19.3 Å². The summed E-state index contributed by atoms with van der Waals surface area (Å²) >= 11 is 0. The summed E-state index contributed by atoms with van der Waals surface area (Å²) in [5.74, 6) is 5.48. The van der Waals surface area contributed by atoms with E-state index >= 15 is 0 Å². The fourth-order valence-corrected chi connectivity index (χ4v) is 1.13. The summed E-state index contributed by atoms with van der Waals surface area (Å²) in [5.41, 5.74) is 0. The van der Waals surface area contributed by atoms with E-state index in [1.54, 1.807) is 0 Å². The van der Waals surface area contributed by atoms with Crippen LogP contribution in [0, 0.1) is 11.8 Å². The summed E-state index contributed by atoms with van der Waals surface area (Å²) in [5, 5.41) is 8.38. The first kappa shape index (κ1) is 13.0. The van der Waals surface area contributed by atoms with Crippen molar-refractivity contribution in [2.45, 2.75) is 58.3 Å². The summed E-state index contributed by atoms with van der Waals surface area (Å²) in [6, 6.07) is 0. The molecule has 0 amide bonds. The van der Waals surface area contributed by atoms with Crippen LogP contribution < -0.4 is 0 Å². The van der Waals surface area contributed by atoms with Crippen LogP contribution in [0.5, 0.6) is 0 Å². The minimum absolute atomic E-state index is 0.275. The molecule has 0 unspecified atom stereocenters. The van der Waals surface area contributed by atoms with Crippen molar-refractivity contribution < 1.29 is 9.90 Å². The van der Waals surface area contributed by atoms with Gasteiger partial charge < -0.3 is 5.11 Å². The van der Waals surface area contributed by atoms with Crippen molar-refractivity contribution in [3.63, 3.8) is 0 Å². The zero-order valence-electron chi connectivity index (χ0n) is 9.01. The quantitative estimate of drug-likeness (QED) is 0.501. The first-order valence-electron chi connectivity index (χ1n) is 5.45. The van der Waals surface area contributed by atoms with Crippen LogP contribution in [0.15, 0.2) is 0 Å². The number of carboxylic acid groups (broad SMARTS) is 1. The standard InChI is InChI=1S/C12H20O2/c1-2-3-4-5-6-7-8-9-10-11-12(13)14/h2-5,8-11H2,1H3,(H,13,14). The fourth-order valence-electron chi connectivity index (χ4n) is 1.13. The molecular formula is C12H20O2. The van der Waals surface area contributed by atoms with Gasteiger partial charge in [0.2, 0.25) is 0 Å². The van der Waals surface area contributed by atoms with E-state index < -0.39 is 5.97 Å². The van der Waals surface area contributed by atoms with Crippen LogP contribution in [0.2, 0.25) is 0 Å². The van der Waals surface area contributed by atoms with Crippen molar-refractivity contribution in [1.29, 1.82) is 0 Å². The fraction of sp³-hybridized carbons (Fsp3) is 0.750. The van der Waals surface area contributed by atoms with E-state index in [9.17, 15) is 4.79 Å². The molecule has 14 heavy (non-hydrogen) atoms. The van der Waals surface area contributed by atoms with Crippen molar-refractivity contribution in [3.8, 4) is 11.8 Å². The lowest BCUT2D eigenvalue weighted by Crippen LogP contribution is -1.92. The van der Waals surface area contributed by atoms with Gasteiger partial charge in [-0.1, -0.05) is 19.8 Å². The van der Waals surface area contributed by atoms with E-state index in [4.69, 9.17) is 5.11 Å². The average Bonchev–Trinajstić information content (AvgIpc) is 2.15. The molecule has 0 heterocycles. The predicted octanol–water partition coefficient (Wildman–Crippen LogP) is 3.22. The Morgan fingerprint density at radius 3 is 2.14 bits per heavy atom. The SMILES string of the molecule is CCCCCC#CCCCCC(=O)O. The molecule has 0 bridgehead atoms. The third-order valence-corrected chi connectivity index (χ3v) is 1.97. The highest BCUT2D eigenvalue weighted by atomic mass is 16.4. The number of aliphatic carboxylic acids is 1. The number of rotatable bonds is 7. The summed E-state index contributed by atoms with van der Waals surface area (Å²) in [6.45, 7) is 2.18. The van der Waals surface area contributed by atoms with Gasteiger partial charge in [-0.25, -0.2) is 0 Å². The summed E-state index contributed by atoms with van der Waals surface area (Å²) in [4.78, 5) is 10.2. The van der Waals surface area contributed by atoms with Crippen molar-refractivity contribution in [3.05, 3.63) is 0 Å². The summed E-state index contributed by atoms with van der Waals surface area (Å²) in [6.07, 6.45) is 7.46. The third-order valence-electron chi connectivity index (χ3n) is 1.97. The smallest absolute Gasteiger partial charge is 0.303 e. The highest BCUT2D eigenvalue weighted by Gasteiger charge is 1.93.